The van der Waals surface area contributed by atoms with Gasteiger partial charge in [0.2, 0.25) is 10.0 Å². The van der Waals surface area contributed by atoms with Crippen LogP contribution in [0.3, 0.4) is 0 Å². The number of nitrogens with one attached hydrogen (secondary N) is 2. The van der Waals surface area contributed by atoms with Crippen molar-refractivity contribution in [1.29, 1.82) is 0 Å². The van der Waals surface area contributed by atoms with Gasteiger partial charge in [0.25, 0.3) is 0 Å². The molecule has 1 aliphatic heterocycles. The maximum absolute atomic E-state index is 11.8. The zero-order valence-electron chi connectivity index (χ0n) is 11.0. The van der Waals surface area contributed by atoms with Gasteiger partial charge in [-0.1, -0.05) is 13.3 Å². The van der Waals surface area contributed by atoms with Crippen molar-refractivity contribution >= 4 is 21.5 Å². The van der Waals surface area contributed by atoms with Crippen LogP contribution in [-0.2, 0) is 10.0 Å². The Labute approximate surface area is 114 Å². The summed E-state index contributed by atoms with van der Waals surface area (Å²) in [6, 6.07) is 7.27. The summed E-state index contributed by atoms with van der Waals surface area (Å²) >= 11 is 0. The lowest BCUT2D eigenvalue weighted by molar-refractivity contribution is 0.598. The number of rotatable bonds is 6. The van der Waals surface area contributed by atoms with Gasteiger partial charge in [-0.15, -0.1) is 0 Å². The molecule has 1 heterocycles. The molecule has 0 bridgehead atoms. The van der Waals surface area contributed by atoms with Gasteiger partial charge in [0.1, 0.15) is 5.84 Å². The summed E-state index contributed by atoms with van der Waals surface area (Å²) in [7, 11) is -3.22. The lowest BCUT2D eigenvalue weighted by atomic mass is 10.2. The van der Waals surface area contributed by atoms with Crippen molar-refractivity contribution in [2.24, 2.45) is 4.99 Å². The number of anilines is 1. The number of aliphatic imine (C=N–C) groups is 1. The second-order valence-corrected chi connectivity index (χ2v) is 6.35. The van der Waals surface area contributed by atoms with E-state index in [9.17, 15) is 8.42 Å². The lowest BCUT2D eigenvalue weighted by Gasteiger charge is -2.08. The van der Waals surface area contributed by atoms with Crippen LogP contribution in [0.5, 0.6) is 0 Å². The molecule has 5 nitrogen and oxygen atoms in total. The highest BCUT2D eigenvalue weighted by Crippen LogP contribution is 2.13. The minimum Gasteiger partial charge on any atom is -0.368 e. The third-order valence-electron chi connectivity index (χ3n) is 2.87. The fourth-order valence-electron chi connectivity index (χ4n) is 1.85. The maximum Gasteiger partial charge on any atom is 0.232 e. The molecule has 1 aliphatic rings. The topological polar surface area (TPSA) is 70.6 Å². The van der Waals surface area contributed by atoms with E-state index in [0.717, 1.165) is 30.9 Å². The van der Waals surface area contributed by atoms with Crippen LogP contribution in [0, 0.1) is 0 Å². The van der Waals surface area contributed by atoms with Crippen LogP contribution >= 0.6 is 0 Å². The second-order valence-electron chi connectivity index (χ2n) is 4.51. The Kier molecular flexibility index (Phi) is 4.42. The SMILES string of the molecule is CCCCS(=O)(=O)Nc1ccc(C2=NCCN2)cc1. The van der Waals surface area contributed by atoms with Gasteiger partial charge in [-0.05, 0) is 30.7 Å². The van der Waals surface area contributed by atoms with Gasteiger partial charge in [-0.25, -0.2) is 8.42 Å². The summed E-state index contributed by atoms with van der Waals surface area (Å²) in [5, 5.41) is 3.18. The molecular formula is C13H19N3O2S. The van der Waals surface area contributed by atoms with Gasteiger partial charge in [0.15, 0.2) is 0 Å². The number of nitrogens with zero attached hydrogens (tertiary/aromatic N) is 1. The highest BCUT2D eigenvalue weighted by molar-refractivity contribution is 7.92. The molecule has 2 N–H and O–H groups in total. The van der Waals surface area contributed by atoms with Gasteiger partial charge in [-0.3, -0.25) is 9.71 Å². The van der Waals surface area contributed by atoms with Crippen LogP contribution in [0.1, 0.15) is 25.3 Å². The van der Waals surface area contributed by atoms with E-state index in [4.69, 9.17) is 0 Å². The van der Waals surface area contributed by atoms with Crippen molar-refractivity contribution in [3.63, 3.8) is 0 Å². The van der Waals surface area contributed by atoms with Crippen LogP contribution in [0.4, 0.5) is 5.69 Å². The largest absolute Gasteiger partial charge is 0.368 e. The van der Waals surface area contributed by atoms with Crippen LogP contribution < -0.4 is 10.0 Å². The molecule has 6 heteroatoms. The third-order valence-corrected chi connectivity index (χ3v) is 4.25. The lowest BCUT2D eigenvalue weighted by Crippen LogP contribution is -2.19. The number of hydrogen-bond acceptors (Lipinski definition) is 4. The van der Waals surface area contributed by atoms with E-state index >= 15 is 0 Å². The predicted molar refractivity (Wildman–Crippen MR) is 78.2 cm³/mol. The van der Waals surface area contributed by atoms with Crippen molar-refractivity contribution in [3.8, 4) is 0 Å². The maximum atomic E-state index is 11.8. The first kappa shape index (κ1) is 13.9. The Bertz CT molecular complexity index is 550. The molecule has 104 valence electrons. The molecule has 1 aromatic rings. The van der Waals surface area contributed by atoms with E-state index in [1.807, 2.05) is 19.1 Å². The average Bonchev–Trinajstić information content (AvgIpc) is 2.91. The van der Waals surface area contributed by atoms with E-state index in [1.54, 1.807) is 12.1 Å². The number of amidine groups is 1. The van der Waals surface area contributed by atoms with Gasteiger partial charge < -0.3 is 5.32 Å². The summed E-state index contributed by atoms with van der Waals surface area (Å²) < 4.78 is 26.1. The summed E-state index contributed by atoms with van der Waals surface area (Å²) in [6.07, 6.45) is 1.54. The van der Waals surface area contributed by atoms with E-state index in [0.29, 0.717) is 12.1 Å². The Morgan fingerprint density at radius 3 is 2.63 bits per heavy atom. The third kappa shape index (κ3) is 3.96. The molecule has 0 aliphatic carbocycles. The summed E-state index contributed by atoms with van der Waals surface area (Å²) in [6.45, 7) is 3.63. The molecule has 0 radical (unpaired) electrons. The fourth-order valence-corrected chi connectivity index (χ4v) is 3.12. The Morgan fingerprint density at radius 2 is 2.05 bits per heavy atom. The summed E-state index contributed by atoms with van der Waals surface area (Å²) in [4.78, 5) is 4.32. The normalized spacial score (nSPS) is 14.9. The van der Waals surface area contributed by atoms with E-state index < -0.39 is 10.0 Å². The van der Waals surface area contributed by atoms with Crippen LogP contribution in [0.2, 0.25) is 0 Å². The molecule has 0 unspecified atom stereocenters. The number of unbranched alkanes of at least 4 members (excludes halogenated alkanes) is 1. The number of sulfonamides is 1. The van der Waals surface area contributed by atoms with Crippen molar-refractivity contribution in [2.75, 3.05) is 23.6 Å². The standard InChI is InChI=1S/C13H19N3O2S/c1-2-3-10-19(17,18)16-12-6-4-11(5-7-12)13-14-8-9-15-13/h4-7,16H,2-3,8-10H2,1H3,(H,14,15). The molecule has 0 saturated heterocycles. The zero-order valence-corrected chi connectivity index (χ0v) is 11.8. The summed E-state index contributed by atoms with van der Waals surface area (Å²) in [5.41, 5.74) is 1.58. The quantitative estimate of drug-likeness (QED) is 0.831. The van der Waals surface area contributed by atoms with Gasteiger partial charge in [0.05, 0.1) is 12.3 Å². The molecule has 0 aromatic heterocycles. The van der Waals surface area contributed by atoms with Gasteiger partial charge in [-0.2, -0.15) is 0 Å². The molecule has 2 rings (SSSR count). The predicted octanol–water partition coefficient (Wildman–Crippen LogP) is 1.58. The van der Waals surface area contributed by atoms with E-state index in [2.05, 4.69) is 15.0 Å². The molecule has 0 amide bonds. The Hall–Kier alpha value is -1.56. The first-order chi connectivity index (χ1) is 9.11. The smallest absolute Gasteiger partial charge is 0.232 e. The van der Waals surface area contributed by atoms with Gasteiger partial charge in [0, 0.05) is 17.8 Å². The van der Waals surface area contributed by atoms with E-state index in [1.165, 1.54) is 0 Å². The Balaban J connectivity index is 2.02. The zero-order chi connectivity index (χ0) is 13.7. The Morgan fingerprint density at radius 1 is 1.32 bits per heavy atom. The molecule has 19 heavy (non-hydrogen) atoms. The number of benzene rings is 1. The first-order valence-corrected chi connectivity index (χ1v) is 8.15. The van der Waals surface area contributed by atoms with Crippen molar-refractivity contribution in [1.82, 2.24) is 5.32 Å². The molecular weight excluding hydrogens is 262 g/mol. The monoisotopic (exact) mass is 281 g/mol. The summed E-state index contributed by atoms with van der Waals surface area (Å²) in [5.74, 6) is 1.04. The van der Waals surface area contributed by atoms with Crippen LogP contribution in [0.25, 0.3) is 0 Å². The second kappa shape index (κ2) is 6.06. The molecule has 0 spiro atoms. The van der Waals surface area contributed by atoms with Crippen LogP contribution in [0.15, 0.2) is 29.3 Å². The van der Waals surface area contributed by atoms with Crippen molar-refractivity contribution in [3.05, 3.63) is 29.8 Å². The molecule has 0 saturated carbocycles. The minimum absolute atomic E-state index is 0.166. The van der Waals surface area contributed by atoms with Gasteiger partial charge >= 0.3 is 0 Å². The van der Waals surface area contributed by atoms with E-state index in [-0.39, 0.29) is 5.75 Å². The minimum atomic E-state index is -3.22. The average molecular weight is 281 g/mol. The number of hydrogen-bond donors (Lipinski definition) is 2. The van der Waals surface area contributed by atoms with Crippen molar-refractivity contribution in [2.45, 2.75) is 19.8 Å². The van der Waals surface area contributed by atoms with Crippen molar-refractivity contribution < 1.29 is 8.42 Å². The molecule has 1 aromatic carbocycles. The highest BCUT2D eigenvalue weighted by atomic mass is 32.2. The fraction of sp³-hybridized carbons (Fsp3) is 0.462. The first-order valence-electron chi connectivity index (χ1n) is 6.50. The molecule has 0 fully saturated rings. The van der Waals surface area contributed by atoms with Crippen LogP contribution in [-0.4, -0.2) is 33.1 Å². The highest BCUT2D eigenvalue weighted by Gasteiger charge is 2.11. The molecule has 0 atom stereocenters.